The molecule has 4 heterocycles. The number of likely N-dealkylation sites (tertiary alicyclic amines) is 1. The van der Waals surface area contributed by atoms with Gasteiger partial charge in [-0.3, -0.25) is 9.59 Å². The molecule has 30 heavy (non-hydrogen) atoms. The van der Waals surface area contributed by atoms with Crippen molar-refractivity contribution in [1.29, 1.82) is 0 Å². The SMILES string of the molecule is Cc1ncnc(C)c1C(=O)N1C[C@@H]2C[C@H](C1)c1cc(-c3ccccc3)cc(=O)n1C2. The van der Waals surface area contributed by atoms with Gasteiger partial charge in [0.25, 0.3) is 11.5 Å². The quantitative estimate of drug-likeness (QED) is 0.663. The lowest BCUT2D eigenvalue weighted by Gasteiger charge is -2.43. The number of fused-ring (bicyclic) bond motifs is 4. The molecule has 0 radical (unpaired) electrons. The molecule has 6 heteroatoms. The zero-order chi connectivity index (χ0) is 20.8. The maximum absolute atomic E-state index is 13.3. The minimum absolute atomic E-state index is 0.00434. The zero-order valence-electron chi connectivity index (χ0n) is 17.2. The van der Waals surface area contributed by atoms with E-state index in [9.17, 15) is 9.59 Å². The number of pyridine rings is 1. The van der Waals surface area contributed by atoms with Gasteiger partial charge in [0.05, 0.1) is 17.0 Å². The summed E-state index contributed by atoms with van der Waals surface area (Å²) in [6, 6.07) is 13.8. The Balaban J connectivity index is 1.50. The van der Waals surface area contributed by atoms with Gasteiger partial charge in [-0.1, -0.05) is 30.3 Å². The first-order valence-corrected chi connectivity index (χ1v) is 10.4. The third-order valence-corrected chi connectivity index (χ3v) is 6.39. The Bertz CT molecular complexity index is 1170. The minimum Gasteiger partial charge on any atom is -0.338 e. The Hall–Kier alpha value is -3.28. The second-order valence-electron chi connectivity index (χ2n) is 8.41. The molecule has 5 rings (SSSR count). The fraction of sp³-hybridized carbons (Fsp3) is 0.333. The van der Waals surface area contributed by atoms with Crippen LogP contribution < -0.4 is 5.56 Å². The Kier molecular flexibility index (Phi) is 4.50. The van der Waals surface area contributed by atoms with Crippen molar-refractivity contribution < 1.29 is 4.79 Å². The predicted molar refractivity (Wildman–Crippen MR) is 114 cm³/mol. The van der Waals surface area contributed by atoms with Gasteiger partial charge < -0.3 is 9.47 Å². The minimum atomic E-state index is -0.00434. The monoisotopic (exact) mass is 400 g/mol. The molecule has 1 saturated heterocycles. The molecule has 2 aliphatic rings. The van der Waals surface area contributed by atoms with Gasteiger partial charge >= 0.3 is 0 Å². The highest BCUT2D eigenvalue weighted by molar-refractivity contribution is 5.96. The van der Waals surface area contributed by atoms with Gasteiger partial charge in [0, 0.05) is 37.3 Å². The van der Waals surface area contributed by atoms with E-state index in [1.807, 2.05) is 53.6 Å². The smallest absolute Gasteiger partial charge is 0.257 e. The van der Waals surface area contributed by atoms with Crippen LogP contribution in [-0.2, 0) is 6.54 Å². The summed E-state index contributed by atoms with van der Waals surface area (Å²) in [5.74, 6) is 0.434. The predicted octanol–water partition coefficient (Wildman–Crippen LogP) is 3.18. The van der Waals surface area contributed by atoms with Crippen LogP contribution in [0.25, 0.3) is 11.1 Å². The molecule has 2 aliphatic heterocycles. The van der Waals surface area contributed by atoms with Gasteiger partial charge in [0.2, 0.25) is 0 Å². The highest BCUT2D eigenvalue weighted by Crippen LogP contribution is 2.37. The summed E-state index contributed by atoms with van der Waals surface area (Å²) in [4.78, 5) is 36.6. The summed E-state index contributed by atoms with van der Waals surface area (Å²) in [6.45, 7) is 5.64. The van der Waals surface area contributed by atoms with E-state index in [1.165, 1.54) is 6.33 Å². The van der Waals surface area contributed by atoms with E-state index in [2.05, 4.69) is 16.0 Å². The van der Waals surface area contributed by atoms with Crippen molar-refractivity contribution in [3.8, 4) is 11.1 Å². The average molecular weight is 400 g/mol. The standard InChI is InChI=1S/C24H24N4O2/c1-15-23(16(2)26-14-25-15)24(30)27-11-17-8-20(13-27)21-9-19(10-22(29)28(21)12-17)18-6-4-3-5-7-18/h3-7,9-10,14,17,20H,8,11-13H2,1-2H3/t17-,20+/m0/s1. The van der Waals surface area contributed by atoms with Crippen molar-refractivity contribution in [2.24, 2.45) is 5.92 Å². The molecule has 152 valence electrons. The van der Waals surface area contributed by atoms with Crippen molar-refractivity contribution in [3.05, 3.63) is 81.8 Å². The van der Waals surface area contributed by atoms with Crippen molar-refractivity contribution in [1.82, 2.24) is 19.4 Å². The first-order valence-electron chi connectivity index (χ1n) is 10.4. The molecule has 3 aromatic rings. The normalized spacial score (nSPS) is 20.0. The van der Waals surface area contributed by atoms with Gasteiger partial charge in [-0.15, -0.1) is 0 Å². The molecular formula is C24H24N4O2. The third-order valence-electron chi connectivity index (χ3n) is 6.39. The average Bonchev–Trinajstić information content (AvgIpc) is 2.74. The molecular weight excluding hydrogens is 376 g/mol. The Morgan fingerprint density at radius 3 is 2.43 bits per heavy atom. The molecule has 1 fully saturated rings. The fourth-order valence-electron chi connectivity index (χ4n) is 4.98. The molecule has 2 bridgehead atoms. The number of amides is 1. The topological polar surface area (TPSA) is 68.1 Å². The molecule has 1 aromatic carbocycles. The highest BCUT2D eigenvalue weighted by atomic mass is 16.2. The zero-order valence-corrected chi connectivity index (χ0v) is 17.2. The van der Waals surface area contributed by atoms with Gasteiger partial charge in [-0.05, 0) is 43.4 Å². The Morgan fingerprint density at radius 1 is 0.967 bits per heavy atom. The van der Waals surface area contributed by atoms with Crippen LogP contribution in [-0.4, -0.2) is 38.4 Å². The molecule has 1 amide bonds. The molecule has 0 unspecified atom stereocenters. The summed E-state index contributed by atoms with van der Waals surface area (Å²) in [7, 11) is 0. The lowest BCUT2D eigenvalue weighted by Crippen LogP contribution is -2.49. The first kappa shape index (κ1) is 18.7. The molecule has 6 nitrogen and oxygen atoms in total. The molecule has 0 aliphatic carbocycles. The van der Waals surface area contributed by atoms with E-state index in [0.717, 1.165) is 23.2 Å². The Morgan fingerprint density at radius 2 is 1.70 bits per heavy atom. The number of benzene rings is 1. The number of hydrogen-bond acceptors (Lipinski definition) is 4. The molecule has 0 N–H and O–H groups in total. The maximum Gasteiger partial charge on any atom is 0.257 e. The summed E-state index contributed by atoms with van der Waals surface area (Å²) in [5, 5.41) is 0. The van der Waals surface area contributed by atoms with Gasteiger partial charge in [0.1, 0.15) is 6.33 Å². The van der Waals surface area contributed by atoms with Crippen LogP contribution in [0.3, 0.4) is 0 Å². The van der Waals surface area contributed by atoms with E-state index in [4.69, 9.17) is 0 Å². The summed E-state index contributed by atoms with van der Waals surface area (Å²) in [6.07, 6.45) is 2.50. The van der Waals surface area contributed by atoms with Crippen LogP contribution in [0.5, 0.6) is 0 Å². The van der Waals surface area contributed by atoms with Crippen LogP contribution in [0.4, 0.5) is 0 Å². The maximum atomic E-state index is 13.3. The lowest BCUT2D eigenvalue weighted by atomic mass is 9.82. The van der Waals surface area contributed by atoms with Crippen LogP contribution >= 0.6 is 0 Å². The second kappa shape index (κ2) is 7.20. The number of carbonyl (C=O) groups excluding carboxylic acids is 1. The van der Waals surface area contributed by atoms with Crippen molar-refractivity contribution >= 4 is 5.91 Å². The van der Waals surface area contributed by atoms with E-state index in [1.54, 1.807) is 6.07 Å². The second-order valence-corrected chi connectivity index (χ2v) is 8.41. The third kappa shape index (κ3) is 3.12. The summed E-state index contributed by atoms with van der Waals surface area (Å²) in [5.41, 5.74) is 5.09. The van der Waals surface area contributed by atoms with E-state index < -0.39 is 0 Å². The van der Waals surface area contributed by atoms with Crippen LogP contribution in [0.2, 0.25) is 0 Å². The molecule has 2 atom stereocenters. The van der Waals surface area contributed by atoms with Crippen LogP contribution in [0.15, 0.2) is 53.6 Å². The van der Waals surface area contributed by atoms with Gasteiger partial charge in [-0.25, -0.2) is 9.97 Å². The highest BCUT2D eigenvalue weighted by Gasteiger charge is 2.37. The van der Waals surface area contributed by atoms with Crippen molar-refractivity contribution in [3.63, 3.8) is 0 Å². The van der Waals surface area contributed by atoms with Gasteiger partial charge in [0.15, 0.2) is 0 Å². The van der Waals surface area contributed by atoms with E-state index >= 15 is 0 Å². The van der Waals surface area contributed by atoms with Crippen molar-refractivity contribution in [2.45, 2.75) is 32.7 Å². The number of hydrogen-bond donors (Lipinski definition) is 0. The largest absolute Gasteiger partial charge is 0.338 e. The van der Waals surface area contributed by atoms with Crippen LogP contribution in [0.1, 0.15) is 39.8 Å². The van der Waals surface area contributed by atoms with E-state index in [-0.39, 0.29) is 23.3 Å². The Labute approximate surface area is 175 Å². The molecule has 0 spiro atoms. The number of aromatic nitrogens is 3. The summed E-state index contributed by atoms with van der Waals surface area (Å²) >= 11 is 0. The number of aryl methyl sites for hydroxylation is 2. The lowest BCUT2D eigenvalue weighted by molar-refractivity contribution is 0.0592. The molecule has 2 aromatic heterocycles. The number of nitrogens with zero attached hydrogens (tertiary/aromatic N) is 4. The first-order chi connectivity index (χ1) is 14.5. The summed E-state index contributed by atoms with van der Waals surface area (Å²) < 4.78 is 1.91. The number of piperidine rings is 1. The number of carbonyl (C=O) groups is 1. The number of rotatable bonds is 2. The molecule has 0 saturated carbocycles. The van der Waals surface area contributed by atoms with E-state index in [0.29, 0.717) is 36.6 Å². The fourth-order valence-corrected chi connectivity index (χ4v) is 4.98. The van der Waals surface area contributed by atoms with Gasteiger partial charge in [-0.2, -0.15) is 0 Å². The van der Waals surface area contributed by atoms with Crippen molar-refractivity contribution in [2.75, 3.05) is 13.1 Å². The van der Waals surface area contributed by atoms with Crippen LogP contribution in [0, 0.1) is 19.8 Å².